The normalized spacial score (nSPS) is 10.3. The summed E-state index contributed by atoms with van der Waals surface area (Å²) in [5.41, 5.74) is 3.15. The van der Waals surface area contributed by atoms with Crippen LogP contribution in [-0.4, -0.2) is 10.9 Å². The van der Waals surface area contributed by atoms with E-state index in [0.717, 1.165) is 16.7 Å². The summed E-state index contributed by atoms with van der Waals surface area (Å²) in [4.78, 5) is 15.5. The van der Waals surface area contributed by atoms with Gasteiger partial charge in [-0.15, -0.1) is 0 Å². The van der Waals surface area contributed by atoms with Crippen molar-refractivity contribution in [2.75, 3.05) is 5.32 Å². The van der Waals surface area contributed by atoms with Gasteiger partial charge in [0.1, 0.15) is 0 Å². The first-order valence-corrected chi connectivity index (χ1v) is 6.42. The molecule has 0 aliphatic rings. The monoisotopic (exact) mass is 294 g/mol. The van der Waals surface area contributed by atoms with Gasteiger partial charge in [-0.3, -0.25) is 9.78 Å². The van der Waals surface area contributed by atoms with Crippen molar-refractivity contribution in [3.63, 3.8) is 0 Å². The molecule has 0 radical (unpaired) electrons. The molecule has 19 heavy (non-hydrogen) atoms. The number of pyridine rings is 1. The summed E-state index contributed by atoms with van der Waals surface area (Å²) in [5, 5.41) is 3.90. The van der Waals surface area contributed by atoms with Gasteiger partial charge in [0.25, 0.3) is 0 Å². The summed E-state index contributed by atoms with van der Waals surface area (Å²) in [6.45, 7) is 3.35. The minimum Gasteiger partial charge on any atom is -0.325 e. The Kier molecular flexibility index (Phi) is 4.08. The van der Waals surface area contributed by atoms with Crippen molar-refractivity contribution in [1.82, 2.24) is 4.98 Å². The number of halogens is 2. The molecule has 0 saturated heterocycles. The van der Waals surface area contributed by atoms with Gasteiger partial charge in [-0.05, 0) is 24.6 Å². The lowest BCUT2D eigenvalue weighted by molar-refractivity contribution is -0.114. The average molecular weight is 295 g/mol. The summed E-state index contributed by atoms with van der Waals surface area (Å²) in [5.74, 6) is -0.138. The van der Waals surface area contributed by atoms with E-state index in [1.54, 1.807) is 24.5 Å². The van der Waals surface area contributed by atoms with E-state index < -0.39 is 0 Å². The second-order valence-electron chi connectivity index (χ2n) is 4.18. The minimum atomic E-state index is -0.138. The first kappa shape index (κ1) is 13.8. The van der Waals surface area contributed by atoms with Gasteiger partial charge in [0.15, 0.2) is 0 Å². The fraction of sp³-hybridized carbons (Fsp3) is 0.143. The van der Waals surface area contributed by atoms with E-state index in [1.165, 1.54) is 6.92 Å². The molecule has 0 fully saturated rings. The third-order valence-electron chi connectivity index (χ3n) is 2.66. The zero-order valence-corrected chi connectivity index (χ0v) is 12.0. The number of benzene rings is 1. The molecule has 0 aliphatic carbocycles. The van der Waals surface area contributed by atoms with Crippen LogP contribution in [0.25, 0.3) is 11.1 Å². The van der Waals surface area contributed by atoms with Gasteiger partial charge in [-0.2, -0.15) is 0 Å². The number of carbonyl (C=O) groups is 1. The van der Waals surface area contributed by atoms with Crippen molar-refractivity contribution in [3.8, 4) is 11.1 Å². The molecule has 98 valence electrons. The summed E-state index contributed by atoms with van der Waals surface area (Å²) in [6, 6.07) is 5.23. The number of amides is 1. The van der Waals surface area contributed by atoms with Crippen LogP contribution in [0.1, 0.15) is 12.5 Å². The molecule has 5 heteroatoms. The van der Waals surface area contributed by atoms with Crippen LogP contribution in [-0.2, 0) is 4.79 Å². The molecule has 0 unspecified atom stereocenters. The molecule has 1 aromatic heterocycles. The van der Waals surface area contributed by atoms with Gasteiger partial charge in [-0.25, -0.2) is 0 Å². The van der Waals surface area contributed by atoms with Crippen LogP contribution in [0.2, 0.25) is 10.0 Å². The maximum atomic E-state index is 11.3. The maximum Gasteiger partial charge on any atom is 0.221 e. The van der Waals surface area contributed by atoms with Crippen LogP contribution in [0.15, 0.2) is 30.6 Å². The van der Waals surface area contributed by atoms with Crippen LogP contribution in [0.5, 0.6) is 0 Å². The smallest absolute Gasteiger partial charge is 0.221 e. The number of aromatic nitrogens is 1. The lowest BCUT2D eigenvalue weighted by atomic mass is 10.0. The Labute approximate surface area is 121 Å². The molecule has 0 saturated carbocycles. The Bertz CT molecular complexity index is 641. The fourth-order valence-electron chi connectivity index (χ4n) is 1.82. The zero-order valence-electron chi connectivity index (χ0n) is 10.5. The predicted octanol–water partition coefficient (Wildman–Crippen LogP) is 4.32. The van der Waals surface area contributed by atoms with Gasteiger partial charge >= 0.3 is 0 Å². The van der Waals surface area contributed by atoms with Crippen LogP contribution in [0.4, 0.5) is 5.69 Å². The molecule has 3 nitrogen and oxygen atoms in total. The quantitative estimate of drug-likeness (QED) is 0.896. The largest absolute Gasteiger partial charge is 0.325 e. The molecule has 1 amide bonds. The van der Waals surface area contributed by atoms with Crippen molar-refractivity contribution in [3.05, 3.63) is 46.2 Å². The van der Waals surface area contributed by atoms with Gasteiger partial charge in [0, 0.05) is 35.5 Å². The van der Waals surface area contributed by atoms with Crippen LogP contribution < -0.4 is 5.32 Å². The summed E-state index contributed by atoms with van der Waals surface area (Å²) < 4.78 is 0. The molecule has 1 aromatic carbocycles. The number of hydrogen-bond donors (Lipinski definition) is 1. The SMILES string of the molecule is CC(=O)Nc1c(C)cncc1-c1ccc(Cl)cc1Cl. The molecule has 0 atom stereocenters. The Morgan fingerprint density at radius 1 is 1.21 bits per heavy atom. The number of hydrogen-bond acceptors (Lipinski definition) is 2. The molecule has 0 spiro atoms. The number of aryl methyl sites for hydroxylation is 1. The van der Waals surface area contributed by atoms with Crippen LogP contribution in [0, 0.1) is 6.92 Å². The van der Waals surface area contributed by atoms with E-state index in [4.69, 9.17) is 23.2 Å². The molecular formula is C14H12Cl2N2O. The first-order valence-electron chi connectivity index (χ1n) is 5.66. The van der Waals surface area contributed by atoms with Crippen LogP contribution in [0.3, 0.4) is 0 Å². The number of carbonyl (C=O) groups excluding carboxylic acids is 1. The van der Waals surface area contributed by atoms with Gasteiger partial charge in [0.2, 0.25) is 5.91 Å². The van der Waals surface area contributed by atoms with Crippen molar-refractivity contribution in [2.45, 2.75) is 13.8 Å². The van der Waals surface area contributed by atoms with Gasteiger partial charge in [0.05, 0.1) is 10.7 Å². The number of rotatable bonds is 2. The Balaban J connectivity index is 2.61. The van der Waals surface area contributed by atoms with E-state index in [9.17, 15) is 4.79 Å². The molecule has 0 aliphatic heterocycles. The molecule has 1 heterocycles. The van der Waals surface area contributed by atoms with E-state index in [-0.39, 0.29) is 5.91 Å². The number of nitrogens with one attached hydrogen (secondary N) is 1. The Morgan fingerprint density at radius 3 is 2.58 bits per heavy atom. The number of nitrogens with zero attached hydrogens (tertiary/aromatic N) is 1. The third kappa shape index (κ3) is 3.06. The third-order valence-corrected chi connectivity index (χ3v) is 3.21. The topological polar surface area (TPSA) is 42.0 Å². The van der Waals surface area contributed by atoms with Gasteiger partial charge < -0.3 is 5.32 Å². The van der Waals surface area contributed by atoms with E-state index in [1.807, 2.05) is 13.0 Å². The highest BCUT2D eigenvalue weighted by Crippen LogP contribution is 2.35. The number of anilines is 1. The van der Waals surface area contributed by atoms with Gasteiger partial charge in [-0.1, -0.05) is 29.3 Å². The highest BCUT2D eigenvalue weighted by atomic mass is 35.5. The maximum absolute atomic E-state index is 11.3. The summed E-state index contributed by atoms with van der Waals surface area (Å²) in [7, 11) is 0. The van der Waals surface area contributed by atoms with Crippen molar-refractivity contribution in [2.24, 2.45) is 0 Å². The predicted molar refractivity (Wildman–Crippen MR) is 78.7 cm³/mol. The van der Waals surface area contributed by atoms with Crippen LogP contribution >= 0.6 is 23.2 Å². The molecular weight excluding hydrogens is 283 g/mol. The van der Waals surface area contributed by atoms with Crippen molar-refractivity contribution in [1.29, 1.82) is 0 Å². The average Bonchev–Trinajstić information content (AvgIpc) is 2.32. The Morgan fingerprint density at radius 2 is 1.95 bits per heavy atom. The second-order valence-corrected chi connectivity index (χ2v) is 5.03. The lowest BCUT2D eigenvalue weighted by Gasteiger charge is -2.13. The first-order chi connectivity index (χ1) is 8.99. The highest BCUT2D eigenvalue weighted by molar-refractivity contribution is 6.36. The minimum absolute atomic E-state index is 0.138. The second kappa shape index (κ2) is 5.59. The molecule has 0 bridgehead atoms. The molecule has 2 aromatic rings. The standard InChI is InChI=1S/C14H12Cl2N2O/c1-8-6-17-7-12(14(8)18-9(2)19)11-4-3-10(15)5-13(11)16/h3-7H,1-2H3,(H,17,18,19). The Hall–Kier alpha value is -1.58. The van der Waals surface area contributed by atoms with Crippen molar-refractivity contribution < 1.29 is 4.79 Å². The molecule has 2 rings (SSSR count). The summed E-state index contributed by atoms with van der Waals surface area (Å²) in [6.07, 6.45) is 3.37. The fourth-order valence-corrected chi connectivity index (χ4v) is 2.33. The van der Waals surface area contributed by atoms with E-state index in [2.05, 4.69) is 10.3 Å². The highest BCUT2D eigenvalue weighted by Gasteiger charge is 2.12. The molecule has 1 N–H and O–H groups in total. The van der Waals surface area contributed by atoms with Crippen molar-refractivity contribution >= 4 is 34.8 Å². The lowest BCUT2D eigenvalue weighted by Crippen LogP contribution is -2.09. The summed E-state index contributed by atoms with van der Waals surface area (Å²) >= 11 is 12.1. The zero-order chi connectivity index (χ0) is 14.0. The van der Waals surface area contributed by atoms with E-state index in [0.29, 0.717) is 15.7 Å². The van der Waals surface area contributed by atoms with E-state index >= 15 is 0 Å².